The molecule has 10 heteroatoms. The minimum Gasteiger partial charge on any atom is -0.369 e. The van der Waals surface area contributed by atoms with Crippen LogP contribution in [0.5, 0.6) is 0 Å². The number of nitrogens with zero attached hydrogens (tertiary/aromatic N) is 2. The first-order valence-corrected chi connectivity index (χ1v) is 11.0. The first-order valence-electron chi connectivity index (χ1n) is 9.30. The molecule has 4 rings (SSSR count). The van der Waals surface area contributed by atoms with Gasteiger partial charge in [0, 0.05) is 15.8 Å². The summed E-state index contributed by atoms with van der Waals surface area (Å²) in [6.45, 7) is 1.96. The normalized spacial score (nSPS) is 14.9. The van der Waals surface area contributed by atoms with Gasteiger partial charge in [0.15, 0.2) is 10.3 Å². The van der Waals surface area contributed by atoms with Crippen LogP contribution in [0.3, 0.4) is 0 Å². The minimum atomic E-state index is -0.471. The largest absolute Gasteiger partial charge is 0.369 e. The molecule has 1 unspecified atom stereocenters. The topological polar surface area (TPSA) is 127 Å². The zero-order chi connectivity index (χ0) is 21.3. The van der Waals surface area contributed by atoms with E-state index in [1.54, 1.807) is 17.5 Å². The lowest BCUT2D eigenvalue weighted by atomic mass is 10.1. The third kappa shape index (κ3) is 4.39. The summed E-state index contributed by atoms with van der Waals surface area (Å²) < 4.78 is 0. The van der Waals surface area contributed by atoms with E-state index in [-0.39, 0.29) is 18.2 Å². The number of carbonyl (C=O) groups is 3. The van der Waals surface area contributed by atoms with Gasteiger partial charge in [0.05, 0.1) is 23.7 Å². The van der Waals surface area contributed by atoms with Crippen LogP contribution in [-0.4, -0.2) is 27.7 Å². The van der Waals surface area contributed by atoms with Crippen molar-refractivity contribution in [2.24, 2.45) is 5.73 Å². The molecule has 0 bridgehead atoms. The van der Waals surface area contributed by atoms with E-state index < -0.39 is 11.8 Å². The second kappa shape index (κ2) is 8.33. The van der Waals surface area contributed by atoms with Crippen LogP contribution in [0.2, 0.25) is 0 Å². The SMILES string of the molecule is Cc1ccc(C(=O)Nc2nc3c(s2)CCC3C(=O)Nc2nc(CC(N)=O)cs2)cc1. The average molecular weight is 442 g/mol. The molecule has 154 valence electrons. The summed E-state index contributed by atoms with van der Waals surface area (Å²) in [6.07, 6.45) is 1.43. The number of hydrogen-bond acceptors (Lipinski definition) is 7. The van der Waals surface area contributed by atoms with Crippen molar-refractivity contribution in [3.05, 3.63) is 57.0 Å². The van der Waals surface area contributed by atoms with E-state index in [0.717, 1.165) is 16.9 Å². The van der Waals surface area contributed by atoms with Crippen molar-refractivity contribution in [2.45, 2.75) is 32.1 Å². The highest BCUT2D eigenvalue weighted by atomic mass is 32.1. The van der Waals surface area contributed by atoms with Crippen molar-refractivity contribution < 1.29 is 14.4 Å². The second-order valence-corrected chi connectivity index (χ2v) is 8.96. The highest BCUT2D eigenvalue weighted by Crippen LogP contribution is 2.39. The number of nitrogens with two attached hydrogens (primary N) is 1. The van der Waals surface area contributed by atoms with Gasteiger partial charge in [-0.25, -0.2) is 9.97 Å². The van der Waals surface area contributed by atoms with E-state index in [1.807, 2.05) is 19.1 Å². The van der Waals surface area contributed by atoms with E-state index in [2.05, 4.69) is 20.6 Å². The Bertz CT molecular complexity index is 1120. The predicted molar refractivity (Wildman–Crippen MR) is 116 cm³/mol. The number of amides is 3. The second-order valence-electron chi connectivity index (χ2n) is 7.02. The molecule has 0 saturated carbocycles. The van der Waals surface area contributed by atoms with Gasteiger partial charge in [-0.05, 0) is 31.9 Å². The average Bonchev–Trinajstić information content (AvgIpc) is 3.37. The number of fused-ring (bicyclic) bond motifs is 1. The molecule has 3 aromatic rings. The van der Waals surface area contributed by atoms with Crippen LogP contribution in [0.4, 0.5) is 10.3 Å². The van der Waals surface area contributed by atoms with E-state index in [9.17, 15) is 14.4 Å². The molecular weight excluding hydrogens is 422 g/mol. The molecule has 1 atom stereocenters. The van der Waals surface area contributed by atoms with Gasteiger partial charge in [0.1, 0.15) is 0 Å². The molecule has 0 spiro atoms. The quantitative estimate of drug-likeness (QED) is 0.542. The van der Waals surface area contributed by atoms with Crippen LogP contribution in [0.15, 0.2) is 29.6 Å². The fraction of sp³-hybridized carbons (Fsp3) is 0.250. The Balaban J connectivity index is 1.42. The van der Waals surface area contributed by atoms with Crippen molar-refractivity contribution in [1.82, 2.24) is 9.97 Å². The Kier molecular flexibility index (Phi) is 5.60. The number of aromatic nitrogens is 2. The number of aryl methyl sites for hydroxylation is 2. The smallest absolute Gasteiger partial charge is 0.257 e. The first-order chi connectivity index (χ1) is 14.4. The maximum atomic E-state index is 12.7. The number of primary amides is 1. The molecule has 0 saturated heterocycles. The summed E-state index contributed by atoms with van der Waals surface area (Å²) in [5.74, 6) is -1.30. The van der Waals surface area contributed by atoms with Gasteiger partial charge in [-0.3, -0.25) is 19.7 Å². The molecule has 2 heterocycles. The van der Waals surface area contributed by atoms with E-state index in [1.165, 1.54) is 22.7 Å². The van der Waals surface area contributed by atoms with E-state index in [4.69, 9.17) is 5.73 Å². The molecule has 3 amide bonds. The van der Waals surface area contributed by atoms with Crippen molar-refractivity contribution in [1.29, 1.82) is 0 Å². The van der Waals surface area contributed by atoms with Gasteiger partial charge in [-0.2, -0.15) is 0 Å². The molecule has 1 aliphatic rings. The Morgan fingerprint density at radius 3 is 2.63 bits per heavy atom. The maximum absolute atomic E-state index is 12.7. The number of rotatable bonds is 6. The number of hydrogen-bond donors (Lipinski definition) is 3. The monoisotopic (exact) mass is 441 g/mol. The Labute approximate surface area is 180 Å². The summed E-state index contributed by atoms with van der Waals surface area (Å²) in [6, 6.07) is 7.29. The van der Waals surface area contributed by atoms with Crippen LogP contribution in [0.1, 0.15) is 44.5 Å². The Morgan fingerprint density at radius 1 is 1.13 bits per heavy atom. The standard InChI is InChI=1S/C20H19N5O3S2/c1-10-2-4-11(5-3-10)17(27)24-20-23-16-13(6-7-14(16)30-20)18(28)25-19-22-12(9-29-19)8-15(21)26/h2-5,9,13H,6-8H2,1H3,(H2,21,26)(H,22,25,28)(H,23,24,27). The van der Waals surface area contributed by atoms with Gasteiger partial charge in [-0.1, -0.05) is 17.7 Å². The summed E-state index contributed by atoms with van der Waals surface area (Å²) in [5, 5.41) is 8.22. The third-order valence-electron chi connectivity index (χ3n) is 4.71. The van der Waals surface area contributed by atoms with Crippen molar-refractivity contribution in [2.75, 3.05) is 10.6 Å². The third-order valence-corrected chi connectivity index (χ3v) is 6.56. The highest BCUT2D eigenvalue weighted by Gasteiger charge is 2.33. The fourth-order valence-corrected chi connectivity index (χ4v) is 4.97. The Hall–Kier alpha value is -3.11. The summed E-state index contributed by atoms with van der Waals surface area (Å²) >= 11 is 2.65. The number of carbonyl (C=O) groups excluding carboxylic acids is 3. The molecule has 30 heavy (non-hydrogen) atoms. The van der Waals surface area contributed by atoms with Gasteiger partial charge in [0.2, 0.25) is 11.8 Å². The molecule has 0 fully saturated rings. The lowest BCUT2D eigenvalue weighted by Gasteiger charge is -2.08. The molecule has 0 aliphatic heterocycles. The molecule has 8 nitrogen and oxygen atoms in total. The molecule has 1 aliphatic carbocycles. The van der Waals surface area contributed by atoms with E-state index in [0.29, 0.717) is 33.6 Å². The number of anilines is 2. The van der Waals surface area contributed by atoms with Crippen molar-refractivity contribution in [3.8, 4) is 0 Å². The lowest BCUT2D eigenvalue weighted by molar-refractivity contribution is -0.118. The summed E-state index contributed by atoms with van der Waals surface area (Å²) in [5.41, 5.74) is 8.04. The van der Waals surface area contributed by atoms with Gasteiger partial charge < -0.3 is 11.1 Å². The van der Waals surface area contributed by atoms with Crippen molar-refractivity contribution in [3.63, 3.8) is 0 Å². The summed E-state index contributed by atoms with van der Waals surface area (Å²) in [7, 11) is 0. The van der Waals surface area contributed by atoms with Crippen LogP contribution >= 0.6 is 22.7 Å². The molecule has 0 radical (unpaired) electrons. The van der Waals surface area contributed by atoms with Crippen LogP contribution in [0, 0.1) is 6.92 Å². The van der Waals surface area contributed by atoms with Gasteiger partial charge in [0.25, 0.3) is 5.91 Å². The van der Waals surface area contributed by atoms with Gasteiger partial charge >= 0.3 is 0 Å². The lowest BCUT2D eigenvalue weighted by Crippen LogP contribution is -2.20. The molecular formula is C20H19N5O3S2. The first kappa shape index (κ1) is 20.2. The zero-order valence-electron chi connectivity index (χ0n) is 16.1. The van der Waals surface area contributed by atoms with Gasteiger partial charge in [-0.15, -0.1) is 22.7 Å². The minimum absolute atomic E-state index is 0.0378. The fourth-order valence-electron chi connectivity index (χ4n) is 3.23. The van der Waals surface area contributed by atoms with Crippen LogP contribution in [0.25, 0.3) is 0 Å². The van der Waals surface area contributed by atoms with Crippen LogP contribution < -0.4 is 16.4 Å². The maximum Gasteiger partial charge on any atom is 0.257 e. The predicted octanol–water partition coefficient (Wildman–Crippen LogP) is 2.86. The summed E-state index contributed by atoms with van der Waals surface area (Å²) in [4.78, 5) is 45.9. The van der Waals surface area contributed by atoms with E-state index >= 15 is 0 Å². The number of nitrogens with one attached hydrogen (secondary N) is 2. The highest BCUT2D eigenvalue weighted by molar-refractivity contribution is 7.16. The Morgan fingerprint density at radius 2 is 1.90 bits per heavy atom. The molecule has 1 aromatic carbocycles. The van der Waals surface area contributed by atoms with Crippen molar-refractivity contribution >= 4 is 50.7 Å². The number of thiazole rings is 2. The zero-order valence-corrected chi connectivity index (χ0v) is 17.7. The number of benzene rings is 1. The molecule has 4 N–H and O–H groups in total. The van der Waals surface area contributed by atoms with Crippen LogP contribution in [-0.2, 0) is 22.4 Å². The molecule has 2 aromatic heterocycles.